The van der Waals surface area contributed by atoms with Crippen molar-refractivity contribution in [3.8, 4) is 0 Å². The lowest BCUT2D eigenvalue weighted by atomic mass is 10.1. The Morgan fingerprint density at radius 2 is 2.11 bits per heavy atom. The van der Waals surface area contributed by atoms with E-state index in [-0.39, 0.29) is 5.54 Å². The molecule has 19 heavy (non-hydrogen) atoms. The fourth-order valence-electron chi connectivity index (χ4n) is 1.82. The molecule has 0 aromatic carbocycles. The van der Waals surface area contributed by atoms with Crippen LogP contribution < -0.4 is 5.32 Å². The van der Waals surface area contributed by atoms with Gasteiger partial charge in [0, 0.05) is 23.2 Å². The molecule has 0 fully saturated rings. The molecule has 2 rings (SSSR count). The zero-order chi connectivity index (χ0) is 14.0. The van der Waals surface area contributed by atoms with Gasteiger partial charge in [-0.2, -0.15) is 0 Å². The van der Waals surface area contributed by atoms with Gasteiger partial charge in [-0.05, 0) is 55.8 Å². The Balaban J connectivity index is 2.13. The summed E-state index contributed by atoms with van der Waals surface area (Å²) in [4.78, 5) is 5.77. The van der Waals surface area contributed by atoms with Gasteiger partial charge in [0.2, 0.25) is 0 Å². The van der Waals surface area contributed by atoms with E-state index in [0.29, 0.717) is 0 Å². The molecular weight excluding hydrogens is 322 g/mol. The van der Waals surface area contributed by atoms with Gasteiger partial charge in [-0.3, -0.25) is 0 Å². The molecule has 0 spiro atoms. The van der Waals surface area contributed by atoms with Crippen molar-refractivity contribution in [1.29, 1.82) is 0 Å². The van der Waals surface area contributed by atoms with E-state index in [1.54, 1.807) is 11.3 Å². The molecule has 0 aliphatic carbocycles. The van der Waals surface area contributed by atoms with Gasteiger partial charge in [-0.1, -0.05) is 0 Å². The number of thiophene rings is 1. The molecule has 0 unspecified atom stereocenters. The molecule has 0 aliphatic heterocycles. The standard InChI is InChI=1S/C14H20BrN3S/c1-10-16-7-11(8-17-14(2,3)4)18(10)9-12-5-6-13(15)19-12/h5-7,17H,8-9H2,1-4H3. The maximum atomic E-state index is 4.44. The Kier molecular flexibility index (Phi) is 4.48. The van der Waals surface area contributed by atoms with Crippen LogP contribution in [0.1, 0.15) is 37.2 Å². The molecule has 104 valence electrons. The van der Waals surface area contributed by atoms with Crippen molar-refractivity contribution in [2.45, 2.75) is 46.3 Å². The Morgan fingerprint density at radius 3 is 2.68 bits per heavy atom. The van der Waals surface area contributed by atoms with E-state index < -0.39 is 0 Å². The van der Waals surface area contributed by atoms with E-state index >= 15 is 0 Å². The van der Waals surface area contributed by atoms with Gasteiger partial charge in [0.1, 0.15) is 5.82 Å². The quantitative estimate of drug-likeness (QED) is 0.912. The van der Waals surface area contributed by atoms with Gasteiger partial charge < -0.3 is 9.88 Å². The molecule has 2 aromatic heterocycles. The summed E-state index contributed by atoms with van der Waals surface area (Å²) >= 11 is 5.29. The first kappa shape index (κ1) is 14.8. The molecule has 0 radical (unpaired) electrons. The van der Waals surface area contributed by atoms with Crippen LogP contribution in [0, 0.1) is 6.92 Å². The van der Waals surface area contributed by atoms with Crippen molar-refractivity contribution in [1.82, 2.24) is 14.9 Å². The van der Waals surface area contributed by atoms with E-state index in [9.17, 15) is 0 Å². The third-order valence-corrected chi connectivity index (χ3v) is 4.49. The largest absolute Gasteiger partial charge is 0.326 e. The molecule has 0 amide bonds. The highest BCUT2D eigenvalue weighted by Crippen LogP contribution is 2.23. The van der Waals surface area contributed by atoms with Crippen molar-refractivity contribution < 1.29 is 0 Å². The van der Waals surface area contributed by atoms with E-state index in [1.807, 2.05) is 6.20 Å². The summed E-state index contributed by atoms with van der Waals surface area (Å²) in [6.45, 7) is 10.3. The van der Waals surface area contributed by atoms with Crippen LogP contribution in [0.4, 0.5) is 0 Å². The van der Waals surface area contributed by atoms with Crippen LogP contribution >= 0.6 is 27.3 Å². The van der Waals surface area contributed by atoms with Crippen LogP contribution in [0.25, 0.3) is 0 Å². The molecule has 0 bridgehead atoms. The smallest absolute Gasteiger partial charge is 0.106 e. The molecule has 2 heterocycles. The highest BCUT2D eigenvalue weighted by molar-refractivity contribution is 9.11. The molecule has 0 aliphatic rings. The highest BCUT2D eigenvalue weighted by Gasteiger charge is 2.12. The van der Waals surface area contributed by atoms with Crippen molar-refractivity contribution in [2.75, 3.05) is 0 Å². The Hall–Kier alpha value is -0.650. The van der Waals surface area contributed by atoms with E-state index in [2.05, 4.69) is 70.6 Å². The number of halogens is 1. The average Bonchev–Trinajstić information content (AvgIpc) is 2.85. The fourth-order valence-corrected chi connectivity index (χ4v) is 3.29. The normalized spacial score (nSPS) is 12.1. The van der Waals surface area contributed by atoms with E-state index in [1.165, 1.54) is 14.4 Å². The summed E-state index contributed by atoms with van der Waals surface area (Å²) in [6.07, 6.45) is 1.97. The van der Waals surface area contributed by atoms with Gasteiger partial charge in [0.15, 0.2) is 0 Å². The van der Waals surface area contributed by atoms with Crippen molar-refractivity contribution in [3.63, 3.8) is 0 Å². The van der Waals surface area contributed by atoms with Gasteiger partial charge in [0.05, 0.1) is 16.0 Å². The maximum absolute atomic E-state index is 4.44. The zero-order valence-corrected chi connectivity index (χ0v) is 14.2. The van der Waals surface area contributed by atoms with Gasteiger partial charge in [0.25, 0.3) is 0 Å². The molecule has 0 atom stereocenters. The SMILES string of the molecule is Cc1ncc(CNC(C)(C)C)n1Cc1ccc(Br)s1. The summed E-state index contributed by atoms with van der Waals surface area (Å²) in [6, 6.07) is 4.26. The van der Waals surface area contributed by atoms with Gasteiger partial charge in [-0.15, -0.1) is 11.3 Å². The number of aryl methyl sites for hydroxylation is 1. The fraction of sp³-hybridized carbons (Fsp3) is 0.500. The minimum absolute atomic E-state index is 0.120. The molecule has 1 N–H and O–H groups in total. The maximum Gasteiger partial charge on any atom is 0.106 e. The highest BCUT2D eigenvalue weighted by atomic mass is 79.9. The van der Waals surface area contributed by atoms with Crippen molar-refractivity contribution in [2.24, 2.45) is 0 Å². The van der Waals surface area contributed by atoms with Crippen LogP contribution in [-0.4, -0.2) is 15.1 Å². The van der Waals surface area contributed by atoms with Crippen LogP contribution in [-0.2, 0) is 13.1 Å². The zero-order valence-electron chi connectivity index (χ0n) is 11.8. The lowest BCUT2D eigenvalue weighted by molar-refractivity contribution is 0.416. The van der Waals surface area contributed by atoms with E-state index in [4.69, 9.17) is 0 Å². The van der Waals surface area contributed by atoms with Crippen LogP contribution in [0.15, 0.2) is 22.1 Å². The number of rotatable bonds is 4. The predicted molar refractivity (Wildman–Crippen MR) is 84.7 cm³/mol. The predicted octanol–water partition coefficient (Wildman–Crippen LogP) is 3.95. The average molecular weight is 342 g/mol. The summed E-state index contributed by atoms with van der Waals surface area (Å²) in [5, 5.41) is 3.52. The van der Waals surface area contributed by atoms with Gasteiger partial charge in [-0.25, -0.2) is 4.98 Å². The Labute approximate surface area is 127 Å². The second-order valence-electron chi connectivity index (χ2n) is 5.69. The lowest BCUT2D eigenvalue weighted by Crippen LogP contribution is -2.35. The number of hydrogen-bond donors (Lipinski definition) is 1. The summed E-state index contributed by atoms with van der Waals surface area (Å²) in [7, 11) is 0. The van der Waals surface area contributed by atoms with Crippen LogP contribution in [0.5, 0.6) is 0 Å². The molecular formula is C14H20BrN3S. The third-order valence-electron chi connectivity index (χ3n) is 2.88. The number of imidazole rings is 1. The lowest BCUT2D eigenvalue weighted by Gasteiger charge is -2.21. The Bertz CT molecular complexity index is 551. The number of nitrogens with zero attached hydrogens (tertiary/aromatic N) is 2. The van der Waals surface area contributed by atoms with Crippen LogP contribution in [0.3, 0.4) is 0 Å². The second kappa shape index (κ2) is 5.77. The van der Waals surface area contributed by atoms with Crippen molar-refractivity contribution >= 4 is 27.3 Å². The molecule has 0 saturated heterocycles. The molecule has 0 saturated carbocycles. The summed E-state index contributed by atoms with van der Waals surface area (Å²) in [5.74, 6) is 1.07. The topological polar surface area (TPSA) is 29.9 Å². The second-order valence-corrected chi connectivity index (χ2v) is 8.24. The summed E-state index contributed by atoms with van der Waals surface area (Å²) < 4.78 is 3.45. The number of aromatic nitrogens is 2. The van der Waals surface area contributed by atoms with Crippen molar-refractivity contribution in [3.05, 3.63) is 38.5 Å². The first-order valence-corrected chi connectivity index (χ1v) is 7.96. The van der Waals surface area contributed by atoms with E-state index in [0.717, 1.165) is 18.9 Å². The minimum Gasteiger partial charge on any atom is -0.326 e. The first-order valence-electron chi connectivity index (χ1n) is 6.35. The van der Waals surface area contributed by atoms with Crippen LogP contribution in [0.2, 0.25) is 0 Å². The molecule has 2 aromatic rings. The number of nitrogens with one attached hydrogen (secondary N) is 1. The first-order chi connectivity index (χ1) is 8.85. The summed E-state index contributed by atoms with van der Waals surface area (Å²) in [5.41, 5.74) is 1.35. The third kappa shape index (κ3) is 4.16. The Morgan fingerprint density at radius 1 is 1.37 bits per heavy atom. The van der Waals surface area contributed by atoms with Gasteiger partial charge >= 0.3 is 0 Å². The number of hydrogen-bond acceptors (Lipinski definition) is 3. The molecule has 3 nitrogen and oxygen atoms in total. The monoisotopic (exact) mass is 341 g/mol. The minimum atomic E-state index is 0.120. The molecule has 5 heteroatoms.